The Morgan fingerprint density at radius 2 is 1.83 bits per heavy atom. The Morgan fingerprint density at radius 1 is 1.08 bits per heavy atom. The summed E-state index contributed by atoms with van der Waals surface area (Å²) in [5, 5.41) is 10.2. The minimum atomic E-state index is -0.311. The van der Waals surface area contributed by atoms with Gasteiger partial charge in [0.1, 0.15) is 0 Å². The van der Waals surface area contributed by atoms with Crippen molar-refractivity contribution >= 4 is 47.4 Å². The van der Waals surface area contributed by atoms with E-state index in [1.807, 2.05) is 69.3 Å². The van der Waals surface area contributed by atoms with Crippen molar-refractivity contribution in [2.75, 3.05) is 5.32 Å². The maximum absolute atomic E-state index is 13.2. The molecule has 1 amide bonds. The predicted octanol–water partition coefficient (Wildman–Crippen LogP) is 7.45. The molecule has 0 saturated heterocycles. The molecule has 3 rings (SSSR count). The molecule has 0 radical (unpaired) electrons. The van der Waals surface area contributed by atoms with Gasteiger partial charge in [0.05, 0.1) is 16.3 Å². The molecule has 2 aromatic carbocycles. The Hall–Kier alpha value is -4.16. The zero-order chi connectivity index (χ0) is 26.1. The second-order valence-electron chi connectivity index (χ2n) is 7.98. The first-order valence-corrected chi connectivity index (χ1v) is 12.2. The lowest BCUT2D eigenvalue weighted by atomic mass is 10.0. The van der Waals surface area contributed by atoms with E-state index in [0.717, 1.165) is 27.4 Å². The fourth-order valence-corrected chi connectivity index (χ4v) is 3.90. The lowest BCUT2D eigenvalue weighted by Crippen LogP contribution is -2.12. The molecular formula is C30H29N3O2S. The van der Waals surface area contributed by atoms with Crippen LogP contribution in [0.5, 0.6) is 0 Å². The van der Waals surface area contributed by atoms with Crippen LogP contribution in [0, 0.1) is 6.92 Å². The minimum Gasteiger partial charge on any atom is -0.322 e. The fourth-order valence-electron chi connectivity index (χ4n) is 3.25. The number of carbonyl (C=O) groups excluding carboxylic acids is 2. The van der Waals surface area contributed by atoms with Crippen LogP contribution in [0.4, 0.5) is 5.69 Å². The number of hydrogen-bond donors (Lipinski definition) is 2. The van der Waals surface area contributed by atoms with Gasteiger partial charge < -0.3 is 5.32 Å². The third kappa shape index (κ3) is 6.93. The smallest absolute Gasteiger partial charge is 0.261 e. The molecule has 6 heteroatoms. The van der Waals surface area contributed by atoms with Crippen molar-refractivity contribution in [3.63, 3.8) is 0 Å². The molecule has 0 unspecified atom stereocenters. The summed E-state index contributed by atoms with van der Waals surface area (Å²) in [6, 6.07) is 16.8. The Kier molecular flexibility index (Phi) is 9.19. The van der Waals surface area contributed by atoms with Crippen molar-refractivity contribution in [3.05, 3.63) is 123 Å². The van der Waals surface area contributed by atoms with Gasteiger partial charge in [-0.2, -0.15) is 5.10 Å². The highest BCUT2D eigenvalue weighted by atomic mass is 32.2. The molecule has 0 aliphatic rings. The van der Waals surface area contributed by atoms with Gasteiger partial charge in [-0.15, -0.1) is 0 Å². The SMILES string of the molecule is C=C/C(=C\c1[nH]nc(/C=C/c2ccccc2)c1C)C(=O)c1cccc(NC(=O)C(=C)S/C(C)=C\C)c1. The lowest BCUT2D eigenvalue weighted by molar-refractivity contribution is -0.112. The zero-order valence-corrected chi connectivity index (χ0v) is 21.5. The van der Waals surface area contributed by atoms with Gasteiger partial charge in [-0.3, -0.25) is 14.7 Å². The summed E-state index contributed by atoms with van der Waals surface area (Å²) in [4.78, 5) is 27.1. The van der Waals surface area contributed by atoms with Gasteiger partial charge in [0, 0.05) is 22.4 Å². The number of thioether (sulfide) groups is 1. The van der Waals surface area contributed by atoms with E-state index in [4.69, 9.17) is 0 Å². The van der Waals surface area contributed by atoms with Crippen LogP contribution in [0.3, 0.4) is 0 Å². The summed E-state index contributed by atoms with van der Waals surface area (Å²) >= 11 is 1.30. The predicted molar refractivity (Wildman–Crippen MR) is 152 cm³/mol. The van der Waals surface area contributed by atoms with Crippen LogP contribution in [0.1, 0.15) is 46.7 Å². The molecule has 182 valence electrons. The number of ketones is 1. The van der Waals surface area contributed by atoms with Crippen LogP contribution in [-0.2, 0) is 4.79 Å². The molecule has 0 bridgehead atoms. The van der Waals surface area contributed by atoms with E-state index in [1.165, 1.54) is 17.8 Å². The number of rotatable bonds is 10. The number of benzene rings is 2. The summed E-state index contributed by atoms with van der Waals surface area (Å²) in [6.07, 6.45) is 9.09. The monoisotopic (exact) mass is 495 g/mol. The van der Waals surface area contributed by atoms with Crippen molar-refractivity contribution in [2.24, 2.45) is 0 Å². The Balaban J connectivity index is 1.78. The summed E-state index contributed by atoms with van der Waals surface area (Å²) in [5.74, 6) is -0.524. The number of H-pyrrole nitrogens is 1. The van der Waals surface area contributed by atoms with Gasteiger partial charge >= 0.3 is 0 Å². The molecule has 0 saturated carbocycles. The Bertz CT molecular complexity index is 1380. The van der Waals surface area contributed by atoms with Crippen molar-refractivity contribution in [2.45, 2.75) is 20.8 Å². The van der Waals surface area contributed by atoms with E-state index >= 15 is 0 Å². The van der Waals surface area contributed by atoms with Crippen molar-refractivity contribution in [3.8, 4) is 0 Å². The second-order valence-corrected chi connectivity index (χ2v) is 9.32. The van der Waals surface area contributed by atoms with Gasteiger partial charge in [0.15, 0.2) is 5.78 Å². The van der Waals surface area contributed by atoms with Crippen LogP contribution in [0.15, 0.2) is 95.3 Å². The number of Topliss-reactive ketones (excluding diaryl/α,β-unsaturated/α-hetero) is 1. The first-order valence-electron chi connectivity index (χ1n) is 11.4. The van der Waals surface area contributed by atoms with Gasteiger partial charge in [0.2, 0.25) is 0 Å². The molecule has 0 atom stereocenters. The van der Waals surface area contributed by atoms with Crippen LogP contribution in [0.2, 0.25) is 0 Å². The third-order valence-electron chi connectivity index (χ3n) is 5.43. The van der Waals surface area contributed by atoms with Crippen LogP contribution in [0.25, 0.3) is 18.2 Å². The summed E-state index contributed by atoms with van der Waals surface area (Å²) < 4.78 is 0. The van der Waals surface area contributed by atoms with Crippen molar-refractivity contribution in [1.29, 1.82) is 0 Å². The molecule has 1 heterocycles. The Morgan fingerprint density at radius 3 is 2.53 bits per heavy atom. The maximum Gasteiger partial charge on any atom is 0.261 e. The molecular weight excluding hydrogens is 466 g/mol. The van der Waals surface area contributed by atoms with E-state index in [9.17, 15) is 9.59 Å². The molecule has 0 fully saturated rings. The standard InChI is InChI=1S/C30H29N3O2S/c1-6-20(3)36-22(5)30(35)31-26-15-11-14-25(18-26)29(34)24(7-2)19-28-21(4)27(32-33-28)17-16-23-12-9-8-10-13-23/h6-19H,2,5H2,1,3-4H3,(H,31,35)(H,32,33)/b17-16+,20-6-,24-19+. The number of allylic oxidation sites excluding steroid dienone is 4. The highest BCUT2D eigenvalue weighted by molar-refractivity contribution is 8.07. The van der Waals surface area contributed by atoms with Gasteiger partial charge in [-0.05, 0) is 55.5 Å². The summed E-state index contributed by atoms with van der Waals surface area (Å²) in [7, 11) is 0. The van der Waals surface area contributed by atoms with Gasteiger partial charge in [-0.25, -0.2) is 0 Å². The average Bonchev–Trinajstić information content (AvgIpc) is 3.24. The quantitative estimate of drug-likeness (QED) is 0.174. The number of aromatic nitrogens is 2. The number of hydrogen-bond acceptors (Lipinski definition) is 4. The van der Waals surface area contributed by atoms with Gasteiger partial charge in [0.25, 0.3) is 5.91 Å². The number of nitrogens with one attached hydrogen (secondary N) is 2. The molecule has 5 nitrogen and oxygen atoms in total. The largest absolute Gasteiger partial charge is 0.322 e. The van der Waals surface area contributed by atoms with E-state index < -0.39 is 0 Å². The summed E-state index contributed by atoms with van der Waals surface area (Å²) in [5.41, 5.74) is 4.86. The topological polar surface area (TPSA) is 74.8 Å². The highest BCUT2D eigenvalue weighted by Gasteiger charge is 2.14. The first kappa shape index (κ1) is 26.4. The first-order chi connectivity index (χ1) is 17.3. The van der Waals surface area contributed by atoms with E-state index in [2.05, 4.69) is 28.7 Å². The maximum atomic E-state index is 13.2. The molecule has 2 N–H and O–H groups in total. The van der Waals surface area contributed by atoms with Crippen LogP contribution in [-0.4, -0.2) is 21.9 Å². The molecule has 0 spiro atoms. The minimum absolute atomic E-state index is 0.213. The number of carbonyl (C=O) groups is 2. The second kappa shape index (κ2) is 12.5. The van der Waals surface area contributed by atoms with Crippen molar-refractivity contribution < 1.29 is 9.59 Å². The number of nitrogens with zero attached hydrogens (tertiary/aromatic N) is 1. The molecule has 1 aromatic heterocycles. The zero-order valence-electron chi connectivity index (χ0n) is 20.7. The van der Waals surface area contributed by atoms with Gasteiger partial charge in [-0.1, -0.05) is 85.6 Å². The molecule has 36 heavy (non-hydrogen) atoms. The molecule has 3 aromatic rings. The summed E-state index contributed by atoms with van der Waals surface area (Å²) in [6.45, 7) is 13.4. The van der Waals surface area contributed by atoms with Crippen LogP contribution >= 0.6 is 11.8 Å². The lowest BCUT2D eigenvalue weighted by Gasteiger charge is -2.09. The fraction of sp³-hybridized carbons (Fsp3) is 0.100. The normalized spacial score (nSPS) is 12.0. The van der Waals surface area contributed by atoms with Crippen LogP contribution < -0.4 is 5.32 Å². The number of amides is 1. The molecule has 0 aliphatic heterocycles. The highest BCUT2D eigenvalue weighted by Crippen LogP contribution is 2.25. The van der Waals surface area contributed by atoms with Crippen molar-refractivity contribution in [1.82, 2.24) is 10.2 Å². The average molecular weight is 496 g/mol. The molecule has 0 aliphatic carbocycles. The number of aromatic amines is 1. The van der Waals surface area contributed by atoms with E-state index in [1.54, 1.807) is 30.3 Å². The third-order valence-corrected chi connectivity index (χ3v) is 6.42. The van der Waals surface area contributed by atoms with E-state index in [-0.39, 0.29) is 11.7 Å². The Labute approximate surface area is 216 Å². The number of anilines is 1. The van der Waals surface area contributed by atoms with E-state index in [0.29, 0.717) is 21.7 Å².